The Kier molecular flexibility index (Phi) is 2.32. The minimum atomic E-state index is 0.675. The van der Waals surface area contributed by atoms with Crippen molar-refractivity contribution in [2.24, 2.45) is 5.92 Å². The maximum Gasteiger partial charge on any atom is 0.0622 e. The van der Waals surface area contributed by atoms with Crippen LogP contribution in [0.15, 0.2) is 6.20 Å². The fourth-order valence-corrected chi connectivity index (χ4v) is 1.09. The van der Waals surface area contributed by atoms with E-state index in [1.807, 2.05) is 11.6 Å². The molecule has 0 N–H and O–H groups in total. The molecule has 0 aliphatic heterocycles. The minimum Gasteiger partial charge on any atom is -0.272 e. The molecule has 0 aliphatic carbocycles. The van der Waals surface area contributed by atoms with Crippen molar-refractivity contribution in [2.45, 2.75) is 34.2 Å². The van der Waals surface area contributed by atoms with Crippen molar-refractivity contribution in [2.75, 3.05) is 0 Å². The van der Waals surface area contributed by atoms with Crippen LogP contribution in [0.4, 0.5) is 0 Å². The summed E-state index contributed by atoms with van der Waals surface area (Å²) < 4.78 is 2.02. The summed E-state index contributed by atoms with van der Waals surface area (Å²) in [6.45, 7) is 9.57. The standard InChI is InChI=1S/C9H16N2/c1-7(2)5-11-6-8(3)9(4)10-11/h6-7H,5H2,1-4H3. The normalized spacial score (nSPS) is 11.0. The molecule has 1 rings (SSSR count). The molecule has 0 fully saturated rings. The Balaban J connectivity index is 2.73. The molecule has 0 unspecified atom stereocenters. The van der Waals surface area contributed by atoms with Crippen molar-refractivity contribution >= 4 is 0 Å². The fraction of sp³-hybridized carbons (Fsp3) is 0.667. The first-order valence-electron chi connectivity index (χ1n) is 4.10. The quantitative estimate of drug-likeness (QED) is 0.635. The van der Waals surface area contributed by atoms with Gasteiger partial charge < -0.3 is 0 Å². The molecular weight excluding hydrogens is 136 g/mol. The largest absolute Gasteiger partial charge is 0.272 e. The first-order chi connectivity index (χ1) is 5.09. The molecule has 0 bridgehead atoms. The predicted molar refractivity (Wildman–Crippen MR) is 46.5 cm³/mol. The van der Waals surface area contributed by atoms with E-state index < -0.39 is 0 Å². The third kappa shape index (κ3) is 2.07. The van der Waals surface area contributed by atoms with Crippen LogP contribution in [-0.4, -0.2) is 9.78 Å². The zero-order valence-corrected chi connectivity index (χ0v) is 7.76. The summed E-state index contributed by atoms with van der Waals surface area (Å²) in [6, 6.07) is 0. The first kappa shape index (κ1) is 8.31. The summed E-state index contributed by atoms with van der Waals surface area (Å²) in [7, 11) is 0. The molecule has 62 valence electrons. The maximum absolute atomic E-state index is 4.37. The first-order valence-corrected chi connectivity index (χ1v) is 4.10. The van der Waals surface area contributed by atoms with Crippen molar-refractivity contribution in [3.8, 4) is 0 Å². The molecule has 0 atom stereocenters. The number of rotatable bonds is 2. The lowest BCUT2D eigenvalue weighted by atomic mass is 10.2. The molecule has 0 amide bonds. The van der Waals surface area contributed by atoms with Crippen LogP contribution in [0.25, 0.3) is 0 Å². The van der Waals surface area contributed by atoms with Gasteiger partial charge in [0.25, 0.3) is 0 Å². The Hall–Kier alpha value is -0.790. The molecule has 1 heterocycles. The van der Waals surface area contributed by atoms with Crippen LogP contribution in [0, 0.1) is 19.8 Å². The molecule has 1 aromatic heterocycles. The van der Waals surface area contributed by atoms with E-state index in [0.29, 0.717) is 5.92 Å². The summed E-state index contributed by atoms with van der Waals surface area (Å²) >= 11 is 0. The lowest BCUT2D eigenvalue weighted by Crippen LogP contribution is -2.04. The molecule has 2 heteroatoms. The zero-order valence-electron chi connectivity index (χ0n) is 7.76. The fourth-order valence-electron chi connectivity index (χ4n) is 1.09. The van der Waals surface area contributed by atoms with Crippen LogP contribution in [0.2, 0.25) is 0 Å². The summed E-state index contributed by atoms with van der Waals surface area (Å²) in [5, 5.41) is 4.37. The van der Waals surface area contributed by atoms with E-state index in [0.717, 1.165) is 12.2 Å². The van der Waals surface area contributed by atoms with Crippen LogP contribution in [-0.2, 0) is 6.54 Å². The maximum atomic E-state index is 4.37. The Morgan fingerprint density at radius 1 is 1.45 bits per heavy atom. The van der Waals surface area contributed by atoms with Crippen LogP contribution in [0.3, 0.4) is 0 Å². The molecule has 0 radical (unpaired) electrons. The van der Waals surface area contributed by atoms with Gasteiger partial charge >= 0.3 is 0 Å². The number of hydrogen-bond donors (Lipinski definition) is 0. The van der Waals surface area contributed by atoms with Crippen molar-refractivity contribution in [1.29, 1.82) is 0 Å². The molecule has 0 spiro atoms. The summed E-state index contributed by atoms with van der Waals surface area (Å²) in [5.41, 5.74) is 2.43. The summed E-state index contributed by atoms with van der Waals surface area (Å²) in [6.07, 6.45) is 2.11. The number of aryl methyl sites for hydroxylation is 2. The number of aromatic nitrogens is 2. The van der Waals surface area contributed by atoms with E-state index in [-0.39, 0.29) is 0 Å². The highest BCUT2D eigenvalue weighted by atomic mass is 15.3. The van der Waals surface area contributed by atoms with Gasteiger partial charge in [0.05, 0.1) is 5.69 Å². The molecule has 11 heavy (non-hydrogen) atoms. The molecule has 0 aromatic carbocycles. The highest BCUT2D eigenvalue weighted by Crippen LogP contribution is 2.05. The smallest absolute Gasteiger partial charge is 0.0622 e. The van der Waals surface area contributed by atoms with E-state index >= 15 is 0 Å². The van der Waals surface area contributed by atoms with Gasteiger partial charge in [-0.2, -0.15) is 5.10 Å². The van der Waals surface area contributed by atoms with Gasteiger partial charge in [0.2, 0.25) is 0 Å². The van der Waals surface area contributed by atoms with Crippen LogP contribution in [0.5, 0.6) is 0 Å². The second-order valence-electron chi connectivity index (χ2n) is 3.51. The SMILES string of the molecule is Cc1cn(CC(C)C)nc1C. The van der Waals surface area contributed by atoms with Crippen LogP contribution in [0.1, 0.15) is 25.1 Å². The van der Waals surface area contributed by atoms with Gasteiger partial charge in [-0.25, -0.2) is 0 Å². The van der Waals surface area contributed by atoms with E-state index in [2.05, 4.69) is 32.1 Å². The molecule has 0 aliphatic rings. The third-order valence-corrected chi connectivity index (χ3v) is 1.74. The topological polar surface area (TPSA) is 17.8 Å². The highest BCUT2D eigenvalue weighted by Gasteiger charge is 2.00. The molecule has 0 saturated heterocycles. The van der Waals surface area contributed by atoms with E-state index in [1.165, 1.54) is 5.56 Å². The number of nitrogens with zero attached hydrogens (tertiary/aromatic N) is 2. The van der Waals surface area contributed by atoms with Gasteiger partial charge in [0, 0.05) is 12.7 Å². The summed E-state index contributed by atoms with van der Waals surface area (Å²) in [4.78, 5) is 0. The van der Waals surface area contributed by atoms with E-state index in [1.54, 1.807) is 0 Å². The third-order valence-electron chi connectivity index (χ3n) is 1.74. The van der Waals surface area contributed by atoms with E-state index in [4.69, 9.17) is 0 Å². The lowest BCUT2D eigenvalue weighted by Gasteiger charge is -2.03. The van der Waals surface area contributed by atoms with Crippen molar-refractivity contribution < 1.29 is 0 Å². The van der Waals surface area contributed by atoms with Crippen molar-refractivity contribution in [3.05, 3.63) is 17.5 Å². The van der Waals surface area contributed by atoms with Gasteiger partial charge in [0.15, 0.2) is 0 Å². The average molecular weight is 152 g/mol. The van der Waals surface area contributed by atoms with Gasteiger partial charge in [-0.05, 0) is 25.3 Å². The van der Waals surface area contributed by atoms with Crippen LogP contribution >= 0.6 is 0 Å². The molecule has 0 saturated carbocycles. The Bertz CT molecular complexity index is 216. The Labute approximate surface area is 68.2 Å². The Morgan fingerprint density at radius 3 is 2.45 bits per heavy atom. The predicted octanol–water partition coefficient (Wildman–Crippen LogP) is 2.16. The second-order valence-corrected chi connectivity index (χ2v) is 3.51. The van der Waals surface area contributed by atoms with Crippen molar-refractivity contribution in [3.63, 3.8) is 0 Å². The zero-order chi connectivity index (χ0) is 8.43. The lowest BCUT2D eigenvalue weighted by molar-refractivity contribution is 0.481. The van der Waals surface area contributed by atoms with Crippen molar-refractivity contribution in [1.82, 2.24) is 9.78 Å². The molecular formula is C9H16N2. The monoisotopic (exact) mass is 152 g/mol. The van der Waals surface area contributed by atoms with Gasteiger partial charge in [-0.3, -0.25) is 4.68 Å². The number of hydrogen-bond acceptors (Lipinski definition) is 1. The second kappa shape index (κ2) is 3.07. The molecule has 1 aromatic rings. The van der Waals surface area contributed by atoms with Gasteiger partial charge in [-0.1, -0.05) is 13.8 Å². The highest BCUT2D eigenvalue weighted by molar-refractivity contribution is 5.12. The minimum absolute atomic E-state index is 0.675. The summed E-state index contributed by atoms with van der Waals surface area (Å²) in [5.74, 6) is 0.675. The van der Waals surface area contributed by atoms with Crippen LogP contribution < -0.4 is 0 Å². The Morgan fingerprint density at radius 2 is 2.09 bits per heavy atom. The van der Waals surface area contributed by atoms with E-state index in [9.17, 15) is 0 Å². The average Bonchev–Trinajstić information content (AvgIpc) is 2.10. The molecule has 2 nitrogen and oxygen atoms in total. The van der Waals surface area contributed by atoms with Gasteiger partial charge in [-0.15, -0.1) is 0 Å². The van der Waals surface area contributed by atoms with Gasteiger partial charge in [0.1, 0.15) is 0 Å².